The van der Waals surface area contributed by atoms with Crippen molar-refractivity contribution in [3.63, 3.8) is 0 Å². The number of nitrogens with one attached hydrogen (secondary N) is 2. The maximum atomic E-state index is 12.5. The van der Waals surface area contributed by atoms with Crippen molar-refractivity contribution in [2.24, 2.45) is 0 Å². The molecule has 2 atom stereocenters. The first-order valence-electron chi connectivity index (χ1n) is 8.73. The molecule has 1 amide bonds. The van der Waals surface area contributed by atoms with E-state index in [1.807, 2.05) is 24.3 Å². The molecule has 1 aromatic heterocycles. The van der Waals surface area contributed by atoms with Crippen LogP contribution in [0.2, 0.25) is 0 Å². The lowest BCUT2D eigenvalue weighted by Gasteiger charge is -2.19. The van der Waals surface area contributed by atoms with Gasteiger partial charge in [0.15, 0.2) is 11.6 Å². The van der Waals surface area contributed by atoms with Gasteiger partial charge in [-0.1, -0.05) is 24.3 Å². The predicted octanol–water partition coefficient (Wildman–Crippen LogP) is 2.53. The van der Waals surface area contributed by atoms with Gasteiger partial charge < -0.3 is 10.2 Å². The molecular weight excluding hydrogens is 344 g/mol. The number of aromatic nitrogens is 1. The highest BCUT2D eigenvalue weighted by molar-refractivity contribution is 7.18. The number of nitrogens with zero attached hydrogens (tertiary/aromatic N) is 2. The van der Waals surface area contributed by atoms with Crippen LogP contribution in [0.3, 0.4) is 0 Å². The molecule has 0 bridgehead atoms. The van der Waals surface area contributed by atoms with E-state index in [1.165, 1.54) is 9.60 Å². The molecule has 1 unspecified atom stereocenters. The lowest BCUT2D eigenvalue weighted by molar-refractivity contribution is -0.910. The predicted molar refractivity (Wildman–Crippen MR) is 102 cm³/mol. The Morgan fingerprint density at radius 1 is 1.27 bits per heavy atom. The molecule has 3 aromatic rings. The summed E-state index contributed by atoms with van der Waals surface area (Å²) in [5.74, 6) is -0.0595. The van der Waals surface area contributed by atoms with Crippen molar-refractivity contribution in [1.29, 1.82) is 5.26 Å². The van der Waals surface area contributed by atoms with Gasteiger partial charge >= 0.3 is 0 Å². The lowest BCUT2D eigenvalue weighted by atomic mass is 10.2. The Kier molecular flexibility index (Phi) is 4.65. The van der Waals surface area contributed by atoms with Gasteiger partial charge in [0, 0.05) is 12.8 Å². The zero-order chi connectivity index (χ0) is 17.9. The third-order valence-corrected chi connectivity index (χ3v) is 5.95. The van der Waals surface area contributed by atoms with Gasteiger partial charge in [0.1, 0.15) is 12.1 Å². The third-order valence-electron chi connectivity index (χ3n) is 4.80. The Bertz CT molecular complexity index is 958. The molecule has 5 nitrogen and oxygen atoms in total. The van der Waals surface area contributed by atoms with Gasteiger partial charge in [-0.15, -0.1) is 11.3 Å². The summed E-state index contributed by atoms with van der Waals surface area (Å²) in [4.78, 5) is 18.6. The lowest BCUT2D eigenvalue weighted by Crippen LogP contribution is -3.11. The van der Waals surface area contributed by atoms with Crippen molar-refractivity contribution >= 4 is 33.1 Å². The van der Waals surface area contributed by atoms with Crippen LogP contribution in [0.15, 0.2) is 48.5 Å². The highest BCUT2D eigenvalue weighted by atomic mass is 32.1. The number of para-hydroxylation sites is 2. The molecular formula is C20H19N4OS+. The number of thiazole rings is 1. The highest BCUT2D eigenvalue weighted by Gasteiger charge is 2.34. The molecule has 0 radical (unpaired) electrons. The van der Waals surface area contributed by atoms with E-state index in [0.717, 1.165) is 29.9 Å². The summed E-state index contributed by atoms with van der Waals surface area (Å²) in [6.45, 7) is 1.36. The molecule has 2 heterocycles. The number of rotatable bonds is 4. The van der Waals surface area contributed by atoms with Crippen molar-refractivity contribution < 1.29 is 9.69 Å². The number of benzene rings is 2. The molecule has 2 aromatic carbocycles. The van der Waals surface area contributed by atoms with Crippen LogP contribution in [0.1, 0.15) is 29.5 Å². The van der Waals surface area contributed by atoms with E-state index >= 15 is 0 Å². The maximum absolute atomic E-state index is 12.5. The minimum absolute atomic E-state index is 0.0595. The number of amides is 1. The fraction of sp³-hybridized carbons (Fsp3) is 0.250. The smallest absolute Gasteiger partial charge is 0.279 e. The Labute approximate surface area is 155 Å². The van der Waals surface area contributed by atoms with E-state index in [-0.39, 0.29) is 11.9 Å². The molecule has 0 spiro atoms. The Morgan fingerprint density at radius 3 is 2.92 bits per heavy atom. The Hall–Kier alpha value is -2.75. The molecule has 0 aliphatic carbocycles. The summed E-state index contributed by atoms with van der Waals surface area (Å²) in [5, 5.41) is 13.2. The Morgan fingerprint density at radius 2 is 2.08 bits per heavy atom. The largest absolute Gasteiger partial charge is 0.320 e. The number of carbonyl (C=O) groups is 1. The molecule has 2 N–H and O–H groups in total. The van der Waals surface area contributed by atoms with Crippen molar-refractivity contribution in [3.8, 4) is 6.07 Å². The van der Waals surface area contributed by atoms with Crippen LogP contribution in [0, 0.1) is 11.3 Å². The van der Waals surface area contributed by atoms with E-state index in [4.69, 9.17) is 10.2 Å². The van der Waals surface area contributed by atoms with Gasteiger partial charge in [-0.25, -0.2) is 4.98 Å². The van der Waals surface area contributed by atoms with Gasteiger partial charge in [0.05, 0.1) is 28.0 Å². The SMILES string of the molecule is N#Cc1ccccc1NC(=O)C[NH+]1CCC[C@@H]1c1nc2ccccc2s1. The van der Waals surface area contributed by atoms with E-state index in [0.29, 0.717) is 17.8 Å². The molecule has 4 rings (SSSR count). The van der Waals surface area contributed by atoms with E-state index < -0.39 is 0 Å². The molecule has 1 saturated heterocycles. The maximum Gasteiger partial charge on any atom is 0.279 e. The number of fused-ring (bicyclic) bond motifs is 1. The summed E-state index contributed by atoms with van der Waals surface area (Å²) in [6, 6.07) is 17.6. The number of carbonyl (C=O) groups excluding carboxylic acids is 1. The van der Waals surface area contributed by atoms with Crippen molar-refractivity contribution in [2.45, 2.75) is 18.9 Å². The van der Waals surface area contributed by atoms with Crippen molar-refractivity contribution in [2.75, 3.05) is 18.4 Å². The minimum atomic E-state index is -0.0595. The first-order chi connectivity index (χ1) is 12.7. The summed E-state index contributed by atoms with van der Waals surface area (Å²) < 4.78 is 1.20. The summed E-state index contributed by atoms with van der Waals surface area (Å²) in [6.07, 6.45) is 2.15. The first-order valence-corrected chi connectivity index (χ1v) is 9.55. The number of quaternary nitrogens is 1. The van der Waals surface area contributed by atoms with Crippen LogP contribution in [0.25, 0.3) is 10.2 Å². The molecule has 1 aliphatic heterocycles. The fourth-order valence-electron chi connectivity index (χ4n) is 3.55. The number of nitriles is 1. The normalized spacial score (nSPS) is 19.3. The summed E-state index contributed by atoms with van der Waals surface area (Å²) in [7, 11) is 0. The average molecular weight is 363 g/mol. The van der Waals surface area contributed by atoms with Gasteiger partial charge in [-0.3, -0.25) is 4.79 Å². The standard InChI is InChI=1S/C20H18N4OS/c21-12-14-6-1-2-7-15(14)22-19(25)13-24-11-5-9-17(24)20-23-16-8-3-4-10-18(16)26-20/h1-4,6-8,10,17H,5,9,11,13H2,(H,22,25)/p+1/t17-/m1/s1. The molecule has 0 saturated carbocycles. The van der Waals surface area contributed by atoms with Gasteiger partial charge in [0.25, 0.3) is 5.91 Å². The number of hydrogen-bond donors (Lipinski definition) is 2. The van der Waals surface area contributed by atoms with Gasteiger partial charge in [0.2, 0.25) is 0 Å². The molecule has 26 heavy (non-hydrogen) atoms. The molecule has 1 aliphatic rings. The fourth-order valence-corrected chi connectivity index (χ4v) is 4.71. The van der Waals surface area contributed by atoms with E-state index in [2.05, 4.69) is 17.5 Å². The number of anilines is 1. The second-order valence-electron chi connectivity index (χ2n) is 6.51. The van der Waals surface area contributed by atoms with Crippen LogP contribution in [0.5, 0.6) is 0 Å². The van der Waals surface area contributed by atoms with Crippen LogP contribution < -0.4 is 10.2 Å². The summed E-state index contributed by atoms with van der Waals surface area (Å²) >= 11 is 1.73. The van der Waals surface area contributed by atoms with Gasteiger partial charge in [-0.05, 0) is 24.3 Å². The Balaban J connectivity index is 1.48. The van der Waals surface area contributed by atoms with Crippen LogP contribution in [0.4, 0.5) is 5.69 Å². The second-order valence-corrected chi connectivity index (χ2v) is 7.57. The van der Waals surface area contributed by atoms with Crippen LogP contribution >= 0.6 is 11.3 Å². The molecule has 6 heteroatoms. The van der Waals surface area contributed by atoms with Crippen LogP contribution in [-0.2, 0) is 4.79 Å². The first kappa shape index (κ1) is 16.7. The van der Waals surface area contributed by atoms with Gasteiger partial charge in [-0.2, -0.15) is 5.26 Å². The van der Waals surface area contributed by atoms with E-state index in [9.17, 15) is 4.79 Å². The van der Waals surface area contributed by atoms with Crippen molar-refractivity contribution in [3.05, 3.63) is 59.1 Å². The third kappa shape index (κ3) is 3.32. The van der Waals surface area contributed by atoms with Crippen molar-refractivity contribution in [1.82, 2.24) is 4.98 Å². The quantitative estimate of drug-likeness (QED) is 0.748. The number of likely N-dealkylation sites (tertiary alicyclic amines) is 1. The second kappa shape index (κ2) is 7.24. The monoisotopic (exact) mass is 363 g/mol. The zero-order valence-electron chi connectivity index (χ0n) is 14.2. The number of hydrogen-bond acceptors (Lipinski definition) is 4. The highest BCUT2D eigenvalue weighted by Crippen LogP contribution is 2.28. The zero-order valence-corrected chi connectivity index (χ0v) is 15.1. The van der Waals surface area contributed by atoms with Crippen LogP contribution in [-0.4, -0.2) is 24.0 Å². The summed E-state index contributed by atoms with van der Waals surface area (Å²) in [5.41, 5.74) is 2.10. The molecule has 1 fully saturated rings. The minimum Gasteiger partial charge on any atom is -0.320 e. The molecule has 130 valence electrons. The average Bonchev–Trinajstić information content (AvgIpc) is 3.28. The van der Waals surface area contributed by atoms with E-state index in [1.54, 1.807) is 29.5 Å². The topological polar surface area (TPSA) is 70.2 Å².